The number of carbonyl (C=O) groups excluding carboxylic acids is 2. The van der Waals surface area contributed by atoms with Crippen molar-refractivity contribution < 1.29 is 18.4 Å². The van der Waals surface area contributed by atoms with Crippen molar-refractivity contribution in [1.82, 2.24) is 15.5 Å². The van der Waals surface area contributed by atoms with E-state index in [-0.39, 0.29) is 11.9 Å². The highest BCUT2D eigenvalue weighted by Crippen LogP contribution is 2.25. The Morgan fingerprint density at radius 3 is 2.83 bits per heavy atom. The van der Waals surface area contributed by atoms with Crippen LogP contribution in [0.4, 0.5) is 8.78 Å². The van der Waals surface area contributed by atoms with E-state index in [9.17, 15) is 18.4 Å². The molecule has 0 radical (unpaired) electrons. The Morgan fingerprint density at radius 1 is 1.56 bits per heavy atom. The molecule has 0 aromatic carbocycles. The van der Waals surface area contributed by atoms with Gasteiger partial charge < -0.3 is 10.2 Å². The number of halogens is 2. The molecule has 2 fully saturated rings. The maximum absolute atomic E-state index is 13.0. The van der Waals surface area contributed by atoms with Gasteiger partial charge >= 0.3 is 0 Å². The largest absolute Gasteiger partial charge is 0.350 e. The summed E-state index contributed by atoms with van der Waals surface area (Å²) in [7, 11) is 1.67. The maximum Gasteiger partial charge on any atom is 0.262 e. The summed E-state index contributed by atoms with van der Waals surface area (Å²) in [5.41, 5.74) is 0. The van der Waals surface area contributed by atoms with E-state index in [1.165, 1.54) is 0 Å². The van der Waals surface area contributed by atoms with Gasteiger partial charge in [-0.15, -0.1) is 0 Å². The smallest absolute Gasteiger partial charge is 0.262 e. The Hall–Kier alpha value is -1.24. The molecule has 0 aliphatic carbocycles. The van der Waals surface area contributed by atoms with Crippen LogP contribution in [0.5, 0.6) is 0 Å². The fourth-order valence-electron chi connectivity index (χ4n) is 2.33. The Balaban J connectivity index is 1.83. The highest BCUT2D eigenvalue weighted by Gasteiger charge is 2.42. The number of nitrogens with zero attached hydrogens (tertiary/aromatic N) is 1. The van der Waals surface area contributed by atoms with Gasteiger partial charge in [0, 0.05) is 32.5 Å². The first-order valence-electron chi connectivity index (χ1n) is 6.03. The number of likely N-dealkylation sites (tertiary alicyclic amines) is 1. The third-order valence-electron chi connectivity index (χ3n) is 3.40. The van der Waals surface area contributed by atoms with Gasteiger partial charge in [0.2, 0.25) is 11.8 Å². The SMILES string of the molecule is CN1CC(NC(=O)C2CC(F)(F)CN2)CCC1=O. The lowest BCUT2D eigenvalue weighted by atomic mass is 10.0. The normalized spacial score (nSPS) is 31.5. The number of alkyl halides is 2. The molecule has 102 valence electrons. The lowest BCUT2D eigenvalue weighted by molar-refractivity contribution is -0.134. The van der Waals surface area contributed by atoms with Gasteiger partial charge in [-0.2, -0.15) is 0 Å². The monoisotopic (exact) mass is 261 g/mol. The first kappa shape index (κ1) is 13.2. The molecule has 2 heterocycles. The number of amides is 2. The topological polar surface area (TPSA) is 61.4 Å². The van der Waals surface area contributed by atoms with Crippen LogP contribution in [0, 0.1) is 0 Å². The number of rotatable bonds is 2. The molecule has 0 bridgehead atoms. The average molecular weight is 261 g/mol. The van der Waals surface area contributed by atoms with E-state index < -0.39 is 30.8 Å². The van der Waals surface area contributed by atoms with Gasteiger partial charge in [0.1, 0.15) is 0 Å². The molecule has 2 saturated heterocycles. The zero-order valence-corrected chi connectivity index (χ0v) is 10.2. The van der Waals surface area contributed by atoms with Crippen LogP contribution in [-0.4, -0.2) is 54.9 Å². The molecule has 2 atom stereocenters. The third-order valence-corrected chi connectivity index (χ3v) is 3.40. The van der Waals surface area contributed by atoms with E-state index >= 15 is 0 Å². The Kier molecular flexibility index (Phi) is 3.52. The van der Waals surface area contributed by atoms with Crippen molar-refractivity contribution in [2.45, 2.75) is 37.3 Å². The lowest BCUT2D eigenvalue weighted by Gasteiger charge is -2.30. The Morgan fingerprint density at radius 2 is 2.28 bits per heavy atom. The summed E-state index contributed by atoms with van der Waals surface area (Å²) < 4.78 is 25.9. The molecule has 2 rings (SSSR count). The fourth-order valence-corrected chi connectivity index (χ4v) is 2.33. The van der Waals surface area contributed by atoms with E-state index in [2.05, 4.69) is 10.6 Å². The van der Waals surface area contributed by atoms with Gasteiger partial charge in [-0.1, -0.05) is 0 Å². The van der Waals surface area contributed by atoms with Crippen molar-refractivity contribution in [2.24, 2.45) is 0 Å². The lowest BCUT2D eigenvalue weighted by Crippen LogP contribution is -2.52. The second-order valence-corrected chi connectivity index (χ2v) is 5.01. The number of hydrogen-bond donors (Lipinski definition) is 2. The summed E-state index contributed by atoms with van der Waals surface area (Å²) in [5, 5.41) is 5.23. The van der Waals surface area contributed by atoms with E-state index in [1.54, 1.807) is 11.9 Å². The minimum absolute atomic E-state index is 0.0472. The minimum atomic E-state index is -2.80. The molecular weight excluding hydrogens is 244 g/mol. The zero-order valence-electron chi connectivity index (χ0n) is 10.2. The van der Waals surface area contributed by atoms with Crippen LogP contribution in [0.1, 0.15) is 19.3 Å². The molecule has 18 heavy (non-hydrogen) atoms. The summed E-state index contributed by atoms with van der Waals surface area (Å²) in [6.07, 6.45) is 0.494. The number of hydrogen-bond acceptors (Lipinski definition) is 3. The molecule has 2 aliphatic rings. The van der Waals surface area contributed by atoms with Crippen molar-refractivity contribution in [1.29, 1.82) is 0 Å². The predicted molar refractivity (Wildman–Crippen MR) is 60.2 cm³/mol. The Bertz CT molecular complexity index is 362. The highest BCUT2D eigenvalue weighted by atomic mass is 19.3. The van der Waals surface area contributed by atoms with Crippen LogP contribution >= 0.6 is 0 Å². The van der Waals surface area contributed by atoms with Crippen molar-refractivity contribution in [3.63, 3.8) is 0 Å². The summed E-state index contributed by atoms with van der Waals surface area (Å²) in [6.45, 7) is -0.0121. The summed E-state index contributed by atoms with van der Waals surface area (Å²) in [6, 6.07) is -0.973. The minimum Gasteiger partial charge on any atom is -0.350 e. The van der Waals surface area contributed by atoms with Crippen LogP contribution in [0.25, 0.3) is 0 Å². The molecule has 0 spiro atoms. The van der Waals surface area contributed by atoms with Crippen LogP contribution in [0.3, 0.4) is 0 Å². The second-order valence-electron chi connectivity index (χ2n) is 5.01. The molecule has 2 aliphatic heterocycles. The molecule has 5 nitrogen and oxygen atoms in total. The fraction of sp³-hybridized carbons (Fsp3) is 0.818. The van der Waals surface area contributed by atoms with Crippen molar-refractivity contribution >= 4 is 11.8 Å². The molecule has 7 heteroatoms. The zero-order chi connectivity index (χ0) is 13.3. The van der Waals surface area contributed by atoms with Crippen molar-refractivity contribution in [3.05, 3.63) is 0 Å². The molecular formula is C11H17F2N3O2. The van der Waals surface area contributed by atoms with Gasteiger partial charge in [0.15, 0.2) is 0 Å². The number of carbonyl (C=O) groups is 2. The number of likely N-dealkylation sites (N-methyl/N-ethyl adjacent to an activating group) is 1. The first-order valence-corrected chi connectivity index (χ1v) is 6.03. The summed E-state index contributed by atoms with van der Waals surface area (Å²) in [4.78, 5) is 24.6. The molecule has 2 amide bonds. The molecule has 2 N–H and O–H groups in total. The van der Waals surface area contributed by atoms with E-state index in [0.717, 1.165) is 0 Å². The van der Waals surface area contributed by atoms with Crippen molar-refractivity contribution in [3.8, 4) is 0 Å². The van der Waals surface area contributed by atoms with E-state index in [4.69, 9.17) is 0 Å². The molecule has 0 saturated carbocycles. The Labute approximate surface area is 104 Å². The third kappa shape index (κ3) is 2.95. The average Bonchev–Trinajstić information content (AvgIpc) is 2.64. The predicted octanol–water partition coefficient (Wildman–Crippen LogP) is -0.279. The van der Waals surface area contributed by atoms with Crippen LogP contribution in [0.15, 0.2) is 0 Å². The highest BCUT2D eigenvalue weighted by molar-refractivity contribution is 5.83. The van der Waals surface area contributed by atoms with Gasteiger partial charge in [-0.3, -0.25) is 14.9 Å². The van der Waals surface area contributed by atoms with Crippen LogP contribution in [0.2, 0.25) is 0 Å². The van der Waals surface area contributed by atoms with Crippen molar-refractivity contribution in [2.75, 3.05) is 20.1 Å². The van der Waals surface area contributed by atoms with Crippen LogP contribution < -0.4 is 10.6 Å². The summed E-state index contributed by atoms with van der Waals surface area (Å²) in [5.74, 6) is -3.16. The van der Waals surface area contributed by atoms with E-state index in [1.807, 2.05) is 0 Å². The summed E-state index contributed by atoms with van der Waals surface area (Å²) >= 11 is 0. The van der Waals surface area contributed by atoms with E-state index in [0.29, 0.717) is 19.4 Å². The standard InChI is InChI=1S/C11H17F2N3O2/c1-16-5-7(2-3-9(16)17)15-10(18)8-4-11(12,13)6-14-8/h7-8,14H,2-6H2,1H3,(H,15,18). The van der Waals surface area contributed by atoms with Gasteiger partial charge in [0.05, 0.1) is 12.6 Å². The number of piperidine rings is 1. The molecule has 0 aromatic heterocycles. The number of nitrogens with one attached hydrogen (secondary N) is 2. The molecule has 2 unspecified atom stereocenters. The second kappa shape index (κ2) is 4.79. The van der Waals surface area contributed by atoms with Crippen LogP contribution in [-0.2, 0) is 9.59 Å². The maximum atomic E-state index is 13.0. The quantitative estimate of drug-likeness (QED) is 0.719. The first-order chi connectivity index (χ1) is 8.37. The molecule has 0 aromatic rings. The van der Waals surface area contributed by atoms with Gasteiger partial charge in [0.25, 0.3) is 5.92 Å². The van der Waals surface area contributed by atoms with Gasteiger partial charge in [-0.25, -0.2) is 8.78 Å². The van der Waals surface area contributed by atoms with Gasteiger partial charge in [-0.05, 0) is 6.42 Å².